The smallest absolute Gasteiger partial charge is 0.276 e. The lowest BCUT2D eigenvalue weighted by molar-refractivity contribution is 0.584. The second kappa shape index (κ2) is 7.17. The Morgan fingerprint density at radius 1 is 0.962 bits per heavy atom. The van der Waals surface area contributed by atoms with E-state index in [4.69, 9.17) is 0 Å². The molecule has 134 valence electrons. The maximum atomic E-state index is 12.2. The lowest BCUT2D eigenvalue weighted by Crippen LogP contribution is -2.18. The maximum absolute atomic E-state index is 12.2. The first-order chi connectivity index (χ1) is 12.4. The molecule has 3 rings (SSSR count). The number of hydrogen-bond donors (Lipinski definition) is 1. The standard InChI is InChI=1S/C20H21N3O2S/c1-15-9-11-19(12-10-15)23-16(2)13-18(17(23)3)14-21-22-26(24,25)20-7-5-4-6-8-20/h4-14,22H,1-3H3/b21-14-. The summed E-state index contributed by atoms with van der Waals surface area (Å²) in [4.78, 5) is 2.44. The third-order valence-corrected chi connectivity index (χ3v) is 5.43. The van der Waals surface area contributed by atoms with Gasteiger partial charge in [0.15, 0.2) is 0 Å². The van der Waals surface area contributed by atoms with Crippen LogP contribution in [0, 0.1) is 20.8 Å². The number of nitrogens with zero attached hydrogens (tertiary/aromatic N) is 2. The van der Waals surface area contributed by atoms with Crippen molar-refractivity contribution in [1.82, 2.24) is 9.40 Å². The van der Waals surface area contributed by atoms with E-state index < -0.39 is 10.0 Å². The van der Waals surface area contributed by atoms with E-state index in [0.717, 1.165) is 22.6 Å². The van der Waals surface area contributed by atoms with E-state index in [1.54, 1.807) is 18.2 Å². The van der Waals surface area contributed by atoms with E-state index in [-0.39, 0.29) is 4.90 Å². The normalized spacial score (nSPS) is 11.8. The van der Waals surface area contributed by atoms with Crippen molar-refractivity contribution in [2.45, 2.75) is 25.7 Å². The van der Waals surface area contributed by atoms with Crippen molar-refractivity contribution in [3.05, 3.63) is 83.2 Å². The van der Waals surface area contributed by atoms with Gasteiger partial charge in [0.2, 0.25) is 0 Å². The van der Waals surface area contributed by atoms with Crippen LogP contribution in [-0.2, 0) is 10.0 Å². The number of nitrogens with one attached hydrogen (secondary N) is 1. The number of aromatic nitrogens is 1. The number of sulfonamides is 1. The van der Waals surface area contributed by atoms with E-state index in [0.29, 0.717) is 0 Å². The molecule has 1 heterocycles. The number of aryl methyl sites for hydroxylation is 2. The van der Waals surface area contributed by atoms with Crippen LogP contribution in [0.2, 0.25) is 0 Å². The van der Waals surface area contributed by atoms with Gasteiger partial charge in [0.1, 0.15) is 0 Å². The molecule has 5 nitrogen and oxygen atoms in total. The van der Waals surface area contributed by atoms with Crippen molar-refractivity contribution < 1.29 is 8.42 Å². The van der Waals surface area contributed by atoms with Gasteiger partial charge in [-0.05, 0) is 51.1 Å². The Morgan fingerprint density at radius 3 is 2.27 bits per heavy atom. The minimum Gasteiger partial charge on any atom is -0.318 e. The largest absolute Gasteiger partial charge is 0.318 e. The Kier molecular flexibility index (Phi) is 4.95. The monoisotopic (exact) mass is 367 g/mol. The highest BCUT2D eigenvalue weighted by Crippen LogP contribution is 2.20. The van der Waals surface area contributed by atoms with Crippen molar-refractivity contribution in [3.63, 3.8) is 0 Å². The summed E-state index contributed by atoms with van der Waals surface area (Å²) < 4.78 is 26.5. The molecule has 1 N–H and O–H groups in total. The molecule has 6 heteroatoms. The number of benzene rings is 2. The molecule has 0 unspecified atom stereocenters. The first-order valence-electron chi connectivity index (χ1n) is 8.24. The molecule has 1 aromatic heterocycles. The molecule has 0 saturated heterocycles. The minimum atomic E-state index is -3.66. The zero-order chi connectivity index (χ0) is 18.7. The Morgan fingerprint density at radius 2 is 1.62 bits per heavy atom. The summed E-state index contributed by atoms with van der Waals surface area (Å²) in [5.74, 6) is 0. The molecule has 0 radical (unpaired) electrons. The topological polar surface area (TPSA) is 63.5 Å². The highest BCUT2D eigenvalue weighted by Gasteiger charge is 2.12. The summed E-state index contributed by atoms with van der Waals surface area (Å²) in [5.41, 5.74) is 5.18. The second-order valence-electron chi connectivity index (χ2n) is 6.16. The van der Waals surface area contributed by atoms with Gasteiger partial charge in [-0.15, -0.1) is 0 Å². The third kappa shape index (κ3) is 3.70. The number of rotatable bonds is 5. The van der Waals surface area contributed by atoms with Crippen LogP contribution < -0.4 is 4.83 Å². The molecule has 0 saturated carbocycles. The summed E-state index contributed by atoms with van der Waals surface area (Å²) in [6.07, 6.45) is 1.54. The summed E-state index contributed by atoms with van der Waals surface area (Å²) in [6, 6.07) is 18.4. The molecule has 3 aromatic rings. The van der Waals surface area contributed by atoms with Gasteiger partial charge >= 0.3 is 0 Å². The van der Waals surface area contributed by atoms with Crippen LogP contribution in [0.4, 0.5) is 0 Å². The van der Waals surface area contributed by atoms with Crippen molar-refractivity contribution >= 4 is 16.2 Å². The summed E-state index contributed by atoms with van der Waals surface area (Å²) in [6.45, 7) is 6.05. The SMILES string of the molecule is Cc1ccc(-n2c(C)cc(/C=N\NS(=O)(=O)c3ccccc3)c2C)cc1. The maximum Gasteiger partial charge on any atom is 0.276 e. The molecule has 2 aromatic carbocycles. The molecular formula is C20H21N3O2S. The van der Waals surface area contributed by atoms with Crippen LogP contribution >= 0.6 is 0 Å². The van der Waals surface area contributed by atoms with Gasteiger partial charge in [-0.1, -0.05) is 35.9 Å². The fraction of sp³-hybridized carbons (Fsp3) is 0.150. The summed E-state index contributed by atoms with van der Waals surface area (Å²) in [5, 5.41) is 3.94. The Balaban J connectivity index is 1.84. The zero-order valence-corrected chi connectivity index (χ0v) is 15.8. The van der Waals surface area contributed by atoms with E-state index in [1.165, 1.54) is 23.9 Å². The van der Waals surface area contributed by atoms with Gasteiger partial charge in [-0.3, -0.25) is 0 Å². The van der Waals surface area contributed by atoms with Gasteiger partial charge in [-0.2, -0.15) is 13.5 Å². The molecule has 0 bridgehead atoms. The average Bonchev–Trinajstić information content (AvgIpc) is 2.90. The quantitative estimate of drug-likeness (QED) is 0.552. The molecule has 26 heavy (non-hydrogen) atoms. The molecule has 0 aliphatic rings. The van der Waals surface area contributed by atoms with Crippen LogP contribution in [-0.4, -0.2) is 19.2 Å². The second-order valence-corrected chi connectivity index (χ2v) is 7.82. The number of hydrazone groups is 1. The molecule has 0 aliphatic carbocycles. The van der Waals surface area contributed by atoms with Gasteiger partial charge in [0.25, 0.3) is 10.0 Å². The van der Waals surface area contributed by atoms with Crippen molar-refractivity contribution in [2.75, 3.05) is 0 Å². The summed E-state index contributed by atoms with van der Waals surface area (Å²) >= 11 is 0. The van der Waals surface area contributed by atoms with Crippen molar-refractivity contribution in [1.29, 1.82) is 0 Å². The van der Waals surface area contributed by atoms with E-state index in [1.807, 2.05) is 19.9 Å². The van der Waals surface area contributed by atoms with E-state index in [9.17, 15) is 8.42 Å². The Hall–Kier alpha value is -2.86. The van der Waals surface area contributed by atoms with Crippen LogP contribution in [0.15, 0.2) is 70.7 Å². The predicted octanol–water partition coefficient (Wildman–Crippen LogP) is 3.71. The van der Waals surface area contributed by atoms with E-state index in [2.05, 4.69) is 45.7 Å². The van der Waals surface area contributed by atoms with Gasteiger partial charge < -0.3 is 4.57 Å². The third-order valence-electron chi connectivity index (χ3n) is 4.19. The molecule has 0 atom stereocenters. The minimum absolute atomic E-state index is 0.183. The highest BCUT2D eigenvalue weighted by atomic mass is 32.2. The van der Waals surface area contributed by atoms with Gasteiger partial charge in [0, 0.05) is 22.6 Å². The molecular weight excluding hydrogens is 346 g/mol. The highest BCUT2D eigenvalue weighted by molar-refractivity contribution is 7.89. The van der Waals surface area contributed by atoms with E-state index >= 15 is 0 Å². The fourth-order valence-corrected chi connectivity index (χ4v) is 3.64. The lowest BCUT2D eigenvalue weighted by atomic mass is 10.2. The summed E-state index contributed by atoms with van der Waals surface area (Å²) in [7, 11) is -3.66. The van der Waals surface area contributed by atoms with Crippen LogP contribution in [0.25, 0.3) is 5.69 Å². The first kappa shape index (κ1) is 17.9. The van der Waals surface area contributed by atoms with Crippen LogP contribution in [0.5, 0.6) is 0 Å². The molecule has 0 spiro atoms. The van der Waals surface area contributed by atoms with Crippen molar-refractivity contribution in [2.24, 2.45) is 5.10 Å². The first-order valence-corrected chi connectivity index (χ1v) is 9.73. The average molecular weight is 367 g/mol. The molecule has 0 aliphatic heterocycles. The fourth-order valence-electron chi connectivity index (χ4n) is 2.83. The Bertz CT molecular complexity index is 1030. The predicted molar refractivity (Wildman–Crippen MR) is 104 cm³/mol. The van der Waals surface area contributed by atoms with Gasteiger partial charge in [-0.25, -0.2) is 4.83 Å². The molecule has 0 amide bonds. The molecule has 0 fully saturated rings. The lowest BCUT2D eigenvalue weighted by Gasteiger charge is -2.09. The van der Waals surface area contributed by atoms with Crippen molar-refractivity contribution in [3.8, 4) is 5.69 Å². The van der Waals surface area contributed by atoms with Gasteiger partial charge in [0.05, 0.1) is 11.1 Å². The Labute approximate surface area is 154 Å². The number of hydrogen-bond acceptors (Lipinski definition) is 3. The van der Waals surface area contributed by atoms with Crippen LogP contribution in [0.3, 0.4) is 0 Å². The zero-order valence-electron chi connectivity index (χ0n) is 15.0. The van der Waals surface area contributed by atoms with Crippen LogP contribution in [0.1, 0.15) is 22.5 Å².